The standard InChI is InChI=1S/C19H16ClNO3S.2C2H6/c20-16-10-12-18(13-11-16)25(23,24)21(17-7-2-1-3-8-17)14-15-6-4-5-9-19(15)22;2*1-2/h1-13,22H,14H2;2*1-2H3. The second-order valence-corrected chi connectivity index (χ2v) is 7.73. The lowest BCUT2D eigenvalue weighted by atomic mass is 10.2. The van der Waals surface area contributed by atoms with Gasteiger partial charge in [0, 0.05) is 10.6 Å². The molecule has 29 heavy (non-hydrogen) atoms. The Bertz CT molecular complexity index is 959. The van der Waals surface area contributed by atoms with Gasteiger partial charge in [-0.2, -0.15) is 0 Å². The third-order valence-electron chi connectivity index (χ3n) is 3.75. The fourth-order valence-corrected chi connectivity index (χ4v) is 4.01. The maximum atomic E-state index is 13.2. The first-order valence-electron chi connectivity index (χ1n) is 9.59. The zero-order valence-corrected chi connectivity index (χ0v) is 18.8. The predicted molar refractivity (Wildman–Crippen MR) is 122 cm³/mol. The second kappa shape index (κ2) is 12.1. The van der Waals surface area contributed by atoms with E-state index in [0.717, 1.165) is 0 Å². The van der Waals surface area contributed by atoms with Crippen molar-refractivity contribution in [3.8, 4) is 5.75 Å². The molecule has 4 nitrogen and oxygen atoms in total. The molecule has 0 radical (unpaired) electrons. The number of aromatic hydroxyl groups is 1. The molecule has 0 unspecified atom stereocenters. The Kier molecular flexibility index (Phi) is 10.3. The molecule has 0 saturated heterocycles. The van der Waals surface area contributed by atoms with E-state index in [1.165, 1.54) is 34.6 Å². The highest BCUT2D eigenvalue weighted by Gasteiger charge is 2.25. The number of phenolic OH excluding ortho intramolecular Hbond substituents is 1. The van der Waals surface area contributed by atoms with E-state index in [9.17, 15) is 13.5 Å². The zero-order chi connectivity index (χ0) is 21.9. The molecule has 0 heterocycles. The van der Waals surface area contributed by atoms with Gasteiger partial charge in [0.05, 0.1) is 17.1 Å². The van der Waals surface area contributed by atoms with Gasteiger partial charge in [0.1, 0.15) is 5.75 Å². The van der Waals surface area contributed by atoms with Crippen LogP contribution >= 0.6 is 11.6 Å². The van der Waals surface area contributed by atoms with Gasteiger partial charge in [-0.15, -0.1) is 0 Å². The lowest BCUT2D eigenvalue weighted by Gasteiger charge is -2.25. The fourth-order valence-electron chi connectivity index (χ4n) is 2.44. The van der Waals surface area contributed by atoms with Gasteiger partial charge < -0.3 is 5.11 Å². The van der Waals surface area contributed by atoms with Gasteiger partial charge in [0.15, 0.2) is 0 Å². The van der Waals surface area contributed by atoms with Crippen LogP contribution in [-0.4, -0.2) is 13.5 Å². The number of halogens is 1. The number of hydrogen-bond acceptors (Lipinski definition) is 3. The SMILES string of the molecule is CC.CC.O=S(=O)(c1ccc(Cl)cc1)N(Cc1ccccc1O)c1ccccc1. The summed E-state index contributed by atoms with van der Waals surface area (Å²) in [6.45, 7) is 8.02. The number of rotatable bonds is 5. The summed E-state index contributed by atoms with van der Waals surface area (Å²) >= 11 is 5.87. The molecule has 156 valence electrons. The highest BCUT2D eigenvalue weighted by molar-refractivity contribution is 7.92. The van der Waals surface area contributed by atoms with Crippen LogP contribution in [0.1, 0.15) is 33.3 Å². The van der Waals surface area contributed by atoms with Crippen molar-refractivity contribution in [1.29, 1.82) is 0 Å². The van der Waals surface area contributed by atoms with Gasteiger partial charge in [-0.05, 0) is 42.5 Å². The van der Waals surface area contributed by atoms with Gasteiger partial charge in [0.2, 0.25) is 0 Å². The van der Waals surface area contributed by atoms with Gasteiger partial charge in [0.25, 0.3) is 10.0 Å². The number of hydrogen-bond donors (Lipinski definition) is 1. The maximum absolute atomic E-state index is 13.2. The largest absolute Gasteiger partial charge is 0.508 e. The molecular formula is C23H28ClNO3S. The molecule has 1 N–H and O–H groups in total. The highest BCUT2D eigenvalue weighted by atomic mass is 35.5. The first-order valence-corrected chi connectivity index (χ1v) is 11.4. The van der Waals surface area contributed by atoms with Crippen molar-refractivity contribution in [2.75, 3.05) is 4.31 Å². The molecule has 0 aromatic heterocycles. The van der Waals surface area contributed by atoms with Crippen LogP contribution in [0.4, 0.5) is 5.69 Å². The van der Waals surface area contributed by atoms with Crippen LogP contribution < -0.4 is 4.31 Å². The maximum Gasteiger partial charge on any atom is 0.264 e. The Morgan fingerprint density at radius 3 is 1.86 bits per heavy atom. The second-order valence-electron chi connectivity index (χ2n) is 5.43. The molecule has 0 bridgehead atoms. The van der Waals surface area contributed by atoms with Gasteiger partial charge in [-0.25, -0.2) is 8.42 Å². The van der Waals surface area contributed by atoms with Crippen LogP contribution in [0.3, 0.4) is 0 Å². The van der Waals surface area contributed by atoms with E-state index in [1.807, 2.05) is 33.8 Å². The van der Waals surface area contributed by atoms with Crippen molar-refractivity contribution >= 4 is 27.3 Å². The van der Waals surface area contributed by atoms with E-state index in [1.54, 1.807) is 42.5 Å². The summed E-state index contributed by atoms with van der Waals surface area (Å²) in [5.74, 6) is 0.0507. The smallest absolute Gasteiger partial charge is 0.264 e. The Morgan fingerprint density at radius 2 is 1.31 bits per heavy atom. The molecule has 0 spiro atoms. The van der Waals surface area contributed by atoms with E-state index in [-0.39, 0.29) is 17.2 Å². The van der Waals surface area contributed by atoms with Crippen LogP contribution in [0, 0.1) is 0 Å². The quantitative estimate of drug-likeness (QED) is 0.500. The van der Waals surface area contributed by atoms with E-state index >= 15 is 0 Å². The fraction of sp³-hybridized carbons (Fsp3) is 0.217. The van der Waals surface area contributed by atoms with E-state index in [2.05, 4.69) is 0 Å². The number of nitrogens with zero attached hydrogens (tertiary/aromatic N) is 1. The molecule has 3 aromatic rings. The van der Waals surface area contributed by atoms with Crippen molar-refractivity contribution in [1.82, 2.24) is 0 Å². The molecule has 0 amide bonds. The van der Waals surface area contributed by atoms with Crippen molar-refractivity contribution in [3.63, 3.8) is 0 Å². The molecule has 0 aliphatic carbocycles. The van der Waals surface area contributed by atoms with E-state index in [4.69, 9.17) is 11.6 Å². The molecule has 0 saturated carbocycles. The van der Waals surface area contributed by atoms with Crippen molar-refractivity contribution in [3.05, 3.63) is 89.4 Å². The number of sulfonamides is 1. The van der Waals surface area contributed by atoms with Crippen molar-refractivity contribution < 1.29 is 13.5 Å². The zero-order valence-electron chi connectivity index (χ0n) is 17.2. The average molecular weight is 434 g/mol. The number of para-hydroxylation sites is 2. The van der Waals surface area contributed by atoms with E-state index in [0.29, 0.717) is 16.3 Å². The molecule has 3 rings (SSSR count). The third kappa shape index (κ3) is 6.51. The highest BCUT2D eigenvalue weighted by Crippen LogP contribution is 2.28. The third-order valence-corrected chi connectivity index (χ3v) is 5.79. The van der Waals surface area contributed by atoms with Crippen LogP contribution in [-0.2, 0) is 16.6 Å². The lowest BCUT2D eigenvalue weighted by molar-refractivity contribution is 0.468. The van der Waals surface area contributed by atoms with Gasteiger partial charge in [-0.3, -0.25) is 4.31 Å². The summed E-state index contributed by atoms with van der Waals surface area (Å²) in [4.78, 5) is 0.135. The Labute approximate surface area is 179 Å². The molecule has 0 atom stereocenters. The average Bonchev–Trinajstić information content (AvgIpc) is 2.77. The number of phenols is 1. The topological polar surface area (TPSA) is 57.6 Å². The van der Waals surface area contributed by atoms with Crippen LogP contribution in [0.15, 0.2) is 83.8 Å². The number of anilines is 1. The number of benzene rings is 3. The summed E-state index contributed by atoms with van der Waals surface area (Å²) in [7, 11) is -3.82. The molecule has 0 fully saturated rings. The minimum atomic E-state index is -3.82. The van der Waals surface area contributed by atoms with Gasteiger partial charge in [-0.1, -0.05) is 75.7 Å². The lowest BCUT2D eigenvalue weighted by Crippen LogP contribution is -2.30. The summed E-state index contributed by atoms with van der Waals surface area (Å²) in [6.07, 6.45) is 0. The summed E-state index contributed by atoms with van der Waals surface area (Å²) in [5, 5.41) is 10.5. The molecule has 6 heteroatoms. The van der Waals surface area contributed by atoms with Crippen molar-refractivity contribution in [2.24, 2.45) is 0 Å². The van der Waals surface area contributed by atoms with Crippen LogP contribution in [0.25, 0.3) is 0 Å². The Balaban J connectivity index is 0.000000989. The monoisotopic (exact) mass is 433 g/mol. The summed E-state index contributed by atoms with van der Waals surface area (Å²) < 4.78 is 27.6. The van der Waals surface area contributed by atoms with Crippen LogP contribution in [0.5, 0.6) is 5.75 Å². The normalized spacial score (nSPS) is 10.1. The summed E-state index contributed by atoms with van der Waals surface area (Å²) in [6, 6.07) is 21.5. The Hall–Kier alpha value is -2.50. The minimum absolute atomic E-state index is 0.0155. The Morgan fingerprint density at radius 1 is 0.793 bits per heavy atom. The predicted octanol–water partition coefficient (Wildman–Crippen LogP) is 6.49. The van der Waals surface area contributed by atoms with Gasteiger partial charge >= 0.3 is 0 Å². The first-order chi connectivity index (χ1) is 14.0. The molecular weight excluding hydrogens is 406 g/mol. The summed E-state index contributed by atoms with van der Waals surface area (Å²) in [5.41, 5.74) is 1.03. The van der Waals surface area contributed by atoms with Crippen LogP contribution in [0.2, 0.25) is 5.02 Å². The molecule has 0 aliphatic heterocycles. The van der Waals surface area contributed by atoms with Crippen molar-refractivity contribution in [2.45, 2.75) is 39.1 Å². The van der Waals surface area contributed by atoms with E-state index < -0.39 is 10.0 Å². The minimum Gasteiger partial charge on any atom is -0.508 e. The first kappa shape index (κ1) is 24.5. The molecule has 0 aliphatic rings. The molecule has 3 aromatic carbocycles.